The largest absolute Gasteiger partial charge is 0.478 e. The van der Waals surface area contributed by atoms with Crippen LogP contribution >= 0.6 is 0 Å². The van der Waals surface area contributed by atoms with E-state index in [9.17, 15) is 9.59 Å². The molecule has 0 aliphatic carbocycles. The van der Waals surface area contributed by atoms with Gasteiger partial charge in [0.1, 0.15) is 0 Å². The van der Waals surface area contributed by atoms with E-state index in [2.05, 4.69) is 0 Å². The van der Waals surface area contributed by atoms with Crippen molar-refractivity contribution in [2.24, 2.45) is 5.92 Å². The van der Waals surface area contributed by atoms with Crippen molar-refractivity contribution in [2.75, 3.05) is 0 Å². The third-order valence-corrected chi connectivity index (χ3v) is 2.79. The van der Waals surface area contributed by atoms with Crippen LogP contribution in [0.4, 0.5) is 0 Å². The summed E-state index contributed by atoms with van der Waals surface area (Å²) in [6.45, 7) is 4.75. The summed E-state index contributed by atoms with van der Waals surface area (Å²) in [5.74, 6) is -0.596. The molecule has 0 saturated carbocycles. The van der Waals surface area contributed by atoms with Crippen molar-refractivity contribution in [3.05, 3.63) is 46.4 Å². The minimum Gasteiger partial charge on any atom is -0.478 e. The van der Waals surface area contributed by atoms with Crippen molar-refractivity contribution in [2.45, 2.75) is 20.4 Å². The standard InChI is InChI=1S/C14H15NO3/c1-9(2)8-15-6-5-10-7-11(14(17)18)3-4-12(10)13(15)16/h3-7,9H,8H2,1-2H3,(H,17,18). The molecule has 1 heterocycles. The number of nitrogens with zero attached hydrogens (tertiary/aromatic N) is 1. The highest BCUT2D eigenvalue weighted by Crippen LogP contribution is 2.13. The maximum atomic E-state index is 12.2. The van der Waals surface area contributed by atoms with Gasteiger partial charge in [0.2, 0.25) is 0 Å². The van der Waals surface area contributed by atoms with E-state index in [4.69, 9.17) is 5.11 Å². The highest BCUT2D eigenvalue weighted by molar-refractivity contribution is 5.93. The quantitative estimate of drug-likeness (QED) is 0.903. The predicted molar refractivity (Wildman–Crippen MR) is 70.0 cm³/mol. The monoisotopic (exact) mass is 245 g/mol. The van der Waals surface area contributed by atoms with Gasteiger partial charge in [-0.1, -0.05) is 13.8 Å². The molecule has 0 amide bonds. The van der Waals surface area contributed by atoms with E-state index in [-0.39, 0.29) is 11.1 Å². The van der Waals surface area contributed by atoms with Gasteiger partial charge in [-0.2, -0.15) is 0 Å². The van der Waals surface area contributed by atoms with Gasteiger partial charge >= 0.3 is 5.97 Å². The third-order valence-electron chi connectivity index (χ3n) is 2.79. The number of aromatic carboxylic acids is 1. The molecule has 1 aromatic carbocycles. The molecule has 94 valence electrons. The lowest BCUT2D eigenvalue weighted by Crippen LogP contribution is -2.21. The van der Waals surface area contributed by atoms with Crippen LogP contribution in [0.5, 0.6) is 0 Å². The van der Waals surface area contributed by atoms with Crippen LogP contribution in [0.2, 0.25) is 0 Å². The highest BCUT2D eigenvalue weighted by Gasteiger charge is 2.07. The predicted octanol–water partition coefficient (Wildman–Crippen LogP) is 2.36. The molecule has 0 unspecified atom stereocenters. The van der Waals surface area contributed by atoms with Gasteiger partial charge < -0.3 is 9.67 Å². The second-order valence-electron chi connectivity index (χ2n) is 4.77. The van der Waals surface area contributed by atoms with Crippen LogP contribution in [0, 0.1) is 5.92 Å². The molecular weight excluding hydrogens is 230 g/mol. The second kappa shape index (κ2) is 4.64. The zero-order valence-electron chi connectivity index (χ0n) is 10.4. The van der Waals surface area contributed by atoms with Gasteiger partial charge in [0, 0.05) is 18.1 Å². The van der Waals surface area contributed by atoms with Crippen LogP contribution in [0.25, 0.3) is 10.8 Å². The van der Waals surface area contributed by atoms with Crippen LogP contribution in [-0.2, 0) is 6.54 Å². The molecule has 0 fully saturated rings. The van der Waals surface area contributed by atoms with Crippen LogP contribution in [0.1, 0.15) is 24.2 Å². The van der Waals surface area contributed by atoms with E-state index < -0.39 is 5.97 Å². The van der Waals surface area contributed by atoms with Crippen LogP contribution < -0.4 is 5.56 Å². The Bertz CT molecular complexity index is 656. The first-order valence-electron chi connectivity index (χ1n) is 5.85. The molecule has 0 atom stereocenters. The number of hydrogen-bond donors (Lipinski definition) is 1. The van der Waals surface area contributed by atoms with Crippen molar-refractivity contribution >= 4 is 16.7 Å². The van der Waals surface area contributed by atoms with Crippen LogP contribution in [0.3, 0.4) is 0 Å². The van der Waals surface area contributed by atoms with Gasteiger partial charge in [0.05, 0.1) is 5.56 Å². The number of carboxylic acids is 1. The van der Waals surface area contributed by atoms with Gasteiger partial charge in [-0.15, -0.1) is 0 Å². The Morgan fingerprint density at radius 2 is 2.06 bits per heavy atom. The minimum absolute atomic E-state index is 0.0712. The van der Waals surface area contributed by atoms with E-state index in [1.54, 1.807) is 22.9 Å². The molecule has 0 radical (unpaired) electrons. The number of fused-ring (bicyclic) bond motifs is 1. The maximum absolute atomic E-state index is 12.2. The first kappa shape index (κ1) is 12.4. The van der Waals surface area contributed by atoms with Gasteiger partial charge in [-0.3, -0.25) is 4.79 Å². The summed E-state index contributed by atoms with van der Waals surface area (Å²) < 4.78 is 1.66. The highest BCUT2D eigenvalue weighted by atomic mass is 16.4. The average Bonchev–Trinajstić information content (AvgIpc) is 2.32. The fraction of sp³-hybridized carbons (Fsp3) is 0.286. The van der Waals surface area contributed by atoms with Crippen LogP contribution in [0.15, 0.2) is 35.3 Å². The number of aromatic nitrogens is 1. The zero-order valence-corrected chi connectivity index (χ0v) is 10.4. The maximum Gasteiger partial charge on any atom is 0.335 e. The Kier molecular flexibility index (Phi) is 3.19. The Balaban J connectivity index is 2.59. The number of carboxylic acid groups (broad SMARTS) is 1. The summed E-state index contributed by atoms with van der Waals surface area (Å²) in [6, 6.07) is 6.36. The molecule has 0 spiro atoms. The van der Waals surface area contributed by atoms with Crippen molar-refractivity contribution in [1.29, 1.82) is 0 Å². The smallest absolute Gasteiger partial charge is 0.335 e. The molecule has 4 heteroatoms. The molecule has 0 aliphatic rings. The summed E-state index contributed by atoms with van der Waals surface area (Å²) in [5, 5.41) is 10.1. The Morgan fingerprint density at radius 1 is 1.33 bits per heavy atom. The van der Waals surface area contributed by atoms with Crippen LogP contribution in [-0.4, -0.2) is 15.6 Å². The van der Waals surface area contributed by atoms with E-state index in [0.717, 1.165) is 0 Å². The molecule has 1 aromatic heterocycles. The number of hydrogen-bond acceptors (Lipinski definition) is 2. The lowest BCUT2D eigenvalue weighted by Gasteiger charge is -2.09. The zero-order chi connectivity index (χ0) is 13.3. The second-order valence-corrected chi connectivity index (χ2v) is 4.77. The summed E-state index contributed by atoms with van der Waals surface area (Å²) in [4.78, 5) is 23.0. The summed E-state index contributed by atoms with van der Waals surface area (Å²) in [7, 11) is 0. The molecule has 4 nitrogen and oxygen atoms in total. The van der Waals surface area contributed by atoms with Gasteiger partial charge in [-0.05, 0) is 35.6 Å². The number of carbonyl (C=O) groups is 1. The molecule has 1 N–H and O–H groups in total. The fourth-order valence-electron chi connectivity index (χ4n) is 1.96. The lowest BCUT2D eigenvalue weighted by atomic mass is 10.1. The number of rotatable bonds is 3. The van der Waals surface area contributed by atoms with Crippen molar-refractivity contribution < 1.29 is 9.90 Å². The van der Waals surface area contributed by atoms with Crippen molar-refractivity contribution in [3.8, 4) is 0 Å². The summed E-state index contributed by atoms with van der Waals surface area (Å²) in [6.07, 6.45) is 1.72. The fourth-order valence-corrected chi connectivity index (χ4v) is 1.96. The average molecular weight is 245 g/mol. The lowest BCUT2D eigenvalue weighted by molar-refractivity contribution is 0.0697. The molecular formula is C14H15NO3. The van der Waals surface area contributed by atoms with Gasteiger partial charge in [0.25, 0.3) is 5.56 Å². The Labute approximate surface area is 104 Å². The molecule has 18 heavy (non-hydrogen) atoms. The van der Waals surface area contributed by atoms with E-state index in [1.165, 1.54) is 12.1 Å². The first-order chi connectivity index (χ1) is 8.49. The van der Waals surface area contributed by atoms with Gasteiger partial charge in [0.15, 0.2) is 0 Å². The van der Waals surface area contributed by atoms with E-state index in [1.807, 2.05) is 13.8 Å². The van der Waals surface area contributed by atoms with E-state index >= 15 is 0 Å². The van der Waals surface area contributed by atoms with Crippen molar-refractivity contribution in [1.82, 2.24) is 4.57 Å². The first-order valence-corrected chi connectivity index (χ1v) is 5.85. The number of benzene rings is 1. The Hall–Kier alpha value is -2.10. The third kappa shape index (κ3) is 2.27. The molecule has 2 aromatic rings. The molecule has 0 saturated heterocycles. The van der Waals surface area contributed by atoms with Gasteiger partial charge in [-0.25, -0.2) is 4.79 Å². The summed E-state index contributed by atoms with van der Waals surface area (Å²) >= 11 is 0. The van der Waals surface area contributed by atoms with E-state index in [0.29, 0.717) is 23.2 Å². The topological polar surface area (TPSA) is 59.3 Å². The summed E-state index contributed by atoms with van der Waals surface area (Å²) in [5.41, 5.74) is 0.127. The molecule has 0 bridgehead atoms. The SMILES string of the molecule is CC(C)Cn1ccc2cc(C(=O)O)ccc2c1=O. The Morgan fingerprint density at radius 3 is 2.67 bits per heavy atom. The normalized spacial score (nSPS) is 11.1. The molecule has 0 aliphatic heterocycles. The molecule has 2 rings (SSSR count). The minimum atomic E-state index is -0.983. The number of pyridine rings is 1. The van der Waals surface area contributed by atoms with Crippen molar-refractivity contribution in [3.63, 3.8) is 0 Å².